The third-order valence-electron chi connectivity index (χ3n) is 6.50. The molecule has 1 saturated heterocycles. The van der Waals surface area contributed by atoms with Gasteiger partial charge < -0.3 is 15.0 Å². The molecule has 2 aliphatic rings. The lowest BCUT2D eigenvalue weighted by molar-refractivity contribution is -0.116. The molecular weight excluding hydrogens is 433 g/mol. The quantitative estimate of drug-likeness (QED) is 0.584. The largest absolute Gasteiger partial charge is 0.370 e. The summed E-state index contributed by atoms with van der Waals surface area (Å²) in [5, 5.41) is 3.43. The van der Waals surface area contributed by atoms with E-state index in [9.17, 15) is 9.18 Å². The van der Waals surface area contributed by atoms with Crippen LogP contribution in [0.15, 0.2) is 36.7 Å². The van der Waals surface area contributed by atoms with Crippen LogP contribution in [0.5, 0.6) is 0 Å². The van der Waals surface area contributed by atoms with Crippen molar-refractivity contribution >= 4 is 29.0 Å². The predicted molar refractivity (Wildman–Crippen MR) is 120 cm³/mol. The molecule has 1 aliphatic heterocycles. The van der Waals surface area contributed by atoms with E-state index in [1.807, 2.05) is 19.1 Å². The summed E-state index contributed by atoms with van der Waals surface area (Å²) in [6.07, 6.45) is 5.78. The van der Waals surface area contributed by atoms with Gasteiger partial charge in [0.15, 0.2) is 6.86 Å². The summed E-state index contributed by atoms with van der Waals surface area (Å²) < 4.78 is 19.0. The van der Waals surface area contributed by atoms with Crippen molar-refractivity contribution in [1.82, 2.24) is 19.7 Å². The first kappa shape index (κ1) is 21.2. The number of ether oxygens (including phenoxy) is 1. The molecule has 2 aromatic heterocycles. The lowest BCUT2D eigenvalue weighted by atomic mass is 9.61. The standard InChI is InChI=1S/C23H25ClFN5O2/c1-2-19-20(30-11-16(24)10-27-22(30)28-19)21(31)26-9-15-3-5-17(6-4-15)29-12-23(13-29)7-18(8-23)32-14-25/h3-6,10-11,18H,2,7-9,12-14H2,1H3,(H,26,31). The minimum absolute atomic E-state index is 0.0843. The number of carbonyl (C=O) groups excluding carboxylic acids is 1. The van der Waals surface area contributed by atoms with Crippen molar-refractivity contribution in [2.45, 2.75) is 38.8 Å². The van der Waals surface area contributed by atoms with Crippen LogP contribution in [0.1, 0.15) is 41.5 Å². The highest BCUT2D eigenvalue weighted by molar-refractivity contribution is 6.30. The molecule has 1 N–H and O–H groups in total. The van der Waals surface area contributed by atoms with Crippen LogP contribution < -0.4 is 10.2 Å². The topological polar surface area (TPSA) is 71.8 Å². The Hall–Kier alpha value is -2.71. The van der Waals surface area contributed by atoms with Crippen LogP contribution in [0.2, 0.25) is 5.02 Å². The number of anilines is 1. The van der Waals surface area contributed by atoms with Gasteiger partial charge in [0.25, 0.3) is 5.91 Å². The highest BCUT2D eigenvalue weighted by Gasteiger charge is 2.52. The second kappa shape index (κ2) is 8.33. The van der Waals surface area contributed by atoms with Crippen molar-refractivity contribution in [3.05, 3.63) is 58.6 Å². The maximum atomic E-state index is 12.9. The fourth-order valence-electron chi connectivity index (χ4n) is 4.85. The van der Waals surface area contributed by atoms with Gasteiger partial charge in [-0.05, 0) is 37.0 Å². The smallest absolute Gasteiger partial charge is 0.270 e. The third-order valence-corrected chi connectivity index (χ3v) is 6.69. The number of rotatable bonds is 7. The van der Waals surface area contributed by atoms with Gasteiger partial charge in [-0.15, -0.1) is 0 Å². The number of hydrogen-bond donors (Lipinski definition) is 1. The van der Waals surface area contributed by atoms with Crippen LogP contribution in [0, 0.1) is 5.41 Å². The van der Waals surface area contributed by atoms with Crippen LogP contribution in [0.3, 0.4) is 0 Å². The van der Waals surface area contributed by atoms with Crippen molar-refractivity contribution in [3.8, 4) is 0 Å². The van der Waals surface area contributed by atoms with Crippen LogP contribution in [0.4, 0.5) is 10.1 Å². The minimum atomic E-state index is -0.690. The number of aryl methyl sites for hydroxylation is 1. The Balaban J connectivity index is 1.19. The Bertz CT molecular complexity index is 1140. The molecule has 0 unspecified atom stereocenters. The number of alkyl halides is 1. The fraction of sp³-hybridized carbons (Fsp3) is 0.435. The van der Waals surface area contributed by atoms with Crippen molar-refractivity contribution in [2.75, 3.05) is 24.9 Å². The molecule has 0 atom stereocenters. The molecule has 1 spiro atoms. The predicted octanol–water partition coefficient (Wildman–Crippen LogP) is 3.79. The average molecular weight is 458 g/mol. The molecule has 1 aliphatic carbocycles. The Kier molecular flexibility index (Phi) is 5.51. The number of halogens is 2. The van der Waals surface area contributed by atoms with Gasteiger partial charge in [0, 0.05) is 36.9 Å². The van der Waals surface area contributed by atoms with E-state index < -0.39 is 6.86 Å². The first-order chi connectivity index (χ1) is 15.5. The molecule has 3 heterocycles. The normalized spacial score (nSPS) is 17.4. The zero-order valence-corrected chi connectivity index (χ0v) is 18.6. The van der Waals surface area contributed by atoms with E-state index >= 15 is 0 Å². The summed E-state index contributed by atoms with van der Waals surface area (Å²) >= 11 is 6.06. The van der Waals surface area contributed by atoms with Crippen LogP contribution in [-0.4, -0.2) is 46.3 Å². The molecular formula is C23H25ClFN5O2. The molecule has 0 bridgehead atoms. The number of hydrogen-bond acceptors (Lipinski definition) is 5. The zero-order valence-electron chi connectivity index (χ0n) is 17.9. The number of aromatic nitrogens is 3. The molecule has 7 nitrogen and oxygen atoms in total. The molecule has 0 radical (unpaired) electrons. The van der Waals surface area contributed by atoms with Crippen molar-refractivity contribution in [2.24, 2.45) is 5.41 Å². The molecule has 5 rings (SSSR count). The monoisotopic (exact) mass is 457 g/mol. The average Bonchev–Trinajstić information content (AvgIpc) is 3.11. The van der Waals surface area contributed by atoms with E-state index in [-0.39, 0.29) is 12.0 Å². The lowest BCUT2D eigenvalue weighted by Gasteiger charge is -2.59. The van der Waals surface area contributed by atoms with Crippen molar-refractivity contribution in [1.29, 1.82) is 0 Å². The summed E-state index contributed by atoms with van der Waals surface area (Å²) in [7, 11) is 0. The molecule has 168 valence electrons. The molecule has 32 heavy (non-hydrogen) atoms. The number of amides is 1. The number of nitrogens with zero attached hydrogens (tertiary/aromatic N) is 4. The van der Waals surface area contributed by atoms with Gasteiger partial charge in [-0.1, -0.05) is 30.7 Å². The van der Waals surface area contributed by atoms with E-state index in [4.69, 9.17) is 16.3 Å². The first-order valence-corrected chi connectivity index (χ1v) is 11.2. The molecule has 1 aromatic carbocycles. The molecule has 3 aromatic rings. The Morgan fingerprint density at radius 1 is 1.31 bits per heavy atom. The highest BCUT2D eigenvalue weighted by Crippen LogP contribution is 2.50. The Labute approximate surface area is 190 Å². The van der Waals surface area contributed by atoms with E-state index in [1.54, 1.807) is 10.6 Å². The molecule has 1 saturated carbocycles. The number of fused-ring (bicyclic) bond motifs is 1. The summed E-state index contributed by atoms with van der Waals surface area (Å²) in [5.74, 6) is 0.254. The molecule has 9 heteroatoms. The van der Waals surface area contributed by atoms with Crippen LogP contribution in [-0.2, 0) is 17.7 Å². The van der Waals surface area contributed by atoms with Gasteiger partial charge in [0.05, 0.1) is 23.0 Å². The second-order valence-electron chi connectivity index (χ2n) is 8.71. The highest BCUT2D eigenvalue weighted by atomic mass is 35.5. The minimum Gasteiger partial charge on any atom is -0.370 e. The maximum absolute atomic E-state index is 12.9. The number of benzene rings is 1. The summed E-state index contributed by atoms with van der Waals surface area (Å²) in [5.41, 5.74) is 3.64. The number of imidazole rings is 1. The zero-order chi connectivity index (χ0) is 22.3. The number of nitrogens with one attached hydrogen (secondary N) is 1. The summed E-state index contributed by atoms with van der Waals surface area (Å²) in [6, 6.07) is 8.23. The Morgan fingerprint density at radius 3 is 2.75 bits per heavy atom. The van der Waals surface area contributed by atoms with Crippen LogP contribution in [0.25, 0.3) is 5.78 Å². The van der Waals surface area contributed by atoms with Gasteiger partial charge >= 0.3 is 0 Å². The SMILES string of the molecule is CCc1nc2ncc(Cl)cn2c1C(=O)NCc1ccc(N2CC3(CC(OCF)C3)C2)cc1. The maximum Gasteiger partial charge on any atom is 0.270 e. The van der Waals surface area contributed by atoms with Gasteiger partial charge in [-0.3, -0.25) is 9.20 Å². The lowest BCUT2D eigenvalue weighted by Crippen LogP contribution is -2.64. The molecule has 1 amide bonds. The van der Waals surface area contributed by atoms with Gasteiger partial charge in [-0.25, -0.2) is 14.4 Å². The van der Waals surface area contributed by atoms with Gasteiger partial charge in [-0.2, -0.15) is 0 Å². The van der Waals surface area contributed by atoms with Crippen molar-refractivity contribution < 1.29 is 13.9 Å². The van der Waals surface area contributed by atoms with E-state index in [2.05, 4.69) is 32.3 Å². The number of carbonyl (C=O) groups is 1. The molecule has 2 fully saturated rings. The summed E-state index contributed by atoms with van der Waals surface area (Å²) in [6.45, 7) is 3.65. The van der Waals surface area contributed by atoms with E-state index in [1.165, 1.54) is 6.20 Å². The second-order valence-corrected chi connectivity index (χ2v) is 9.15. The fourth-order valence-corrected chi connectivity index (χ4v) is 5.00. The van der Waals surface area contributed by atoms with Gasteiger partial charge in [0.2, 0.25) is 5.78 Å². The van der Waals surface area contributed by atoms with E-state index in [0.717, 1.165) is 37.2 Å². The van der Waals surface area contributed by atoms with Crippen molar-refractivity contribution in [3.63, 3.8) is 0 Å². The summed E-state index contributed by atoms with van der Waals surface area (Å²) in [4.78, 5) is 23.9. The van der Waals surface area contributed by atoms with Crippen LogP contribution >= 0.6 is 11.6 Å². The Morgan fingerprint density at radius 2 is 2.06 bits per heavy atom. The first-order valence-electron chi connectivity index (χ1n) is 10.8. The van der Waals surface area contributed by atoms with E-state index in [0.29, 0.717) is 40.6 Å². The van der Waals surface area contributed by atoms with Gasteiger partial charge in [0.1, 0.15) is 5.69 Å². The third kappa shape index (κ3) is 3.82.